The molecule has 0 atom stereocenters. The van der Waals surface area contributed by atoms with Gasteiger partial charge in [0.2, 0.25) is 0 Å². The number of nitrogens with zero attached hydrogens (tertiary/aromatic N) is 3. The molecule has 0 fully saturated rings. The summed E-state index contributed by atoms with van der Waals surface area (Å²) in [5.41, 5.74) is 0.0421. The Bertz CT molecular complexity index is 405. The smallest absolute Gasteiger partial charge is 0.252 e. The fraction of sp³-hybridized carbons (Fsp3) is 0.400. The van der Waals surface area contributed by atoms with Crippen molar-refractivity contribution < 1.29 is 13.2 Å². The Morgan fingerprint density at radius 2 is 2.17 bits per heavy atom. The van der Waals surface area contributed by atoms with E-state index in [0.717, 1.165) is 12.5 Å². The predicted octanol–water partition coefficient (Wildman–Crippen LogP) is -0.712. The van der Waals surface area contributed by atoms with Gasteiger partial charge in [0.15, 0.2) is 5.78 Å². The molecule has 1 aromatic rings. The lowest BCUT2D eigenvalue weighted by Gasteiger charge is -1.91. The second-order valence-electron chi connectivity index (χ2n) is 2.30. The molecule has 0 bridgehead atoms. The molecule has 0 aliphatic heterocycles. The van der Waals surface area contributed by atoms with Crippen LogP contribution in [0.3, 0.4) is 0 Å². The van der Waals surface area contributed by atoms with E-state index < -0.39 is 10.0 Å². The van der Waals surface area contributed by atoms with Crippen molar-refractivity contribution in [1.82, 2.24) is 14.4 Å². The molecule has 0 amide bonds. The first-order valence-electron chi connectivity index (χ1n) is 3.05. The van der Waals surface area contributed by atoms with Crippen molar-refractivity contribution in [3.8, 4) is 0 Å². The van der Waals surface area contributed by atoms with E-state index in [2.05, 4.69) is 10.3 Å². The summed E-state index contributed by atoms with van der Waals surface area (Å²) in [6.45, 7) is 1.29. The summed E-state index contributed by atoms with van der Waals surface area (Å²) in [5, 5.41) is 6.63. The van der Waals surface area contributed by atoms with Gasteiger partial charge in [-0.25, -0.2) is 8.42 Å². The van der Waals surface area contributed by atoms with Crippen LogP contribution in [0, 0.1) is 0 Å². The molecule has 0 N–H and O–H groups in total. The molecule has 66 valence electrons. The molecule has 0 aliphatic rings. The number of aromatic nitrogens is 3. The molecule has 12 heavy (non-hydrogen) atoms. The lowest BCUT2D eigenvalue weighted by atomic mass is 10.3. The maximum absolute atomic E-state index is 10.8. The maximum atomic E-state index is 10.8. The summed E-state index contributed by atoms with van der Waals surface area (Å²) in [5.74, 6) is -0.315. The lowest BCUT2D eigenvalue weighted by Crippen LogP contribution is -2.10. The minimum Gasteiger partial charge on any atom is -0.293 e. The van der Waals surface area contributed by atoms with Crippen molar-refractivity contribution >= 4 is 15.8 Å². The van der Waals surface area contributed by atoms with Crippen LogP contribution >= 0.6 is 0 Å². The van der Waals surface area contributed by atoms with E-state index in [1.165, 1.54) is 6.92 Å². The minimum atomic E-state index is -3.42. The van der Waals surface area contributed by atoms with Gasteiger partial charge in [-0.3, -0.25) is 4.79 Å². The number of carbonyl (C=O) groups is 1. The van der Waals surface area contributed by atoms with Gasteiger partial charge in [0.05, 0.1) is 12.5 Å². The Morgan fingerprint density at radius 3 is 2.42 bits per heavy atom. The monoisotopic (exact) mass is 189 g/mol. The number of carbonyl (C=O) groups excluding carboxylic acids is 1. The first kappa shape index (κ1) is 8.85. The molecule has 1 heterocycles. The van der Waals surface area contributed by atoms with Crippen LogP contribution in [0.5, 0.6) is 0 Å². The highest BCUT2D eigenvalue weighted by Crippen LogP contribution is 1.96. The molecule has 0 saturated carbocycles. The first-order chi connectivity index (χ1) is 5.41. The van der Waals surface area contributed by atoms with Gasteiger partial charge in [-0.15, -0.1) is 9.19 Å². The number of hydrogen-bond donors (Lipinski definition) is 0. The molecule has 0 spiro atoms. The highest BCUT2D eigenvalue weighted by molar-refractivity contribution is 7.89. The topological polar surface area (TPSA) is 81.9 Å². The Labute approximate surface area is 69.2 Å². The van der Waals surface area contributed by atoms with Crippen LogP contribution in [-0.2, 0) is 10.0 Å². The summed E-state index contributed by atoms with van der Waals surface area (Å²) < 4.78 is 22.3. The zero-order chi connectivity index (χ0) is 9.35. The third-order valence-electron chi connectivity index (χ3n) is 1.17. The maximum Gasteiger partial charge on any atom is 0.252 e. The van der Waals surface area contributed by atoms with Crippen LogP contribution in [-0.4, -0.2) is 34.9 Å². The van der Waals surface area contributed by atoms with Crippen molar-refractivity contribution in [1.29, 1.82) is 0 Å². The SMILES string of the molecule is CC(=O)c1cn(S(C)(=O)=O)nn1. The van der Waals surface area contributed by atoms with Crippen LogP contribution in [0.25, 0.3) is 0 Å². The van der Waals surface area contributed by atoms with E-state index in [0.29, 0.717) is 4.09 Å². The molecule has 0 aromatic carbocycles. The van der Waals surface area contributed by atoms with E-state index in [1.807, 2.05) is 0 Å². The van der Waals surface area contributed by atoms with Gasteiger partial charge in [0.25, 0.3) is 10.0 Å². The second kappa shape index (κ2) is 2.67. The molecule has 7 heteroatoms. The molecule has 0 saturated heterocycles. The Balaban J connectivity index is 3.17. The van der Waals surface area contributed by atoms with Crippen molar-refractivity contribution in [2.75, 3.05) is 6.26 Å². The zero-order valence-electron chi connectivity index (χ0n) is 6.55. The normalized spacial score (nSPS) is 11.5. The average Bonchev–Trinajstić information content (AvgIpc) is 2.30. The van der Waals surface area contributed by atoms with Gasteiger partial charge in [0.1, 0.15) is 5.69 Å². The third kappa shape index (κ3) is 1.67. The quantitative estimate of drug-likeness (QED) is 0.574. The highest BCUT2D eigenvalue weighted by atomic mass is 32.2. The Morgan fingerprint density at radius 1 is 1.58 bits per heavy atom. The summed E-state index contributed by atoms with van der Waals surface area (Å²) in [6.07, 6.45) is 2.06. The van der Waals surface area contributed by atoms with Crippen LogP contribution < -0.4 is 0 Å². The van der Waals surface area contributed by atoms with Gasteiger partial charge >= 0.3 is 0 Å². The number of ketones is 1. The predicted molar refractivity (Wildman–Crippen MR) is 40.3 cm³/mol. The van der Waals surface area contributed by atoms with E-state index in [-0.39, 0.29) is 11.5 Å². The number of hydrogen-bond acceptors (Lipinski definition) is 5. The summed E-state index contributed by atoms with van der Waals surface area (Å²) >= 11 is 0. The van der Waals surface area contributed by atoms with E-state index in [9.17, 15) is 13.2 Å². The van der Waals surface area contributed by atoms with Crippen LogP contribution in [0.1, 0.15) is 17.4 Å². The molecule has 0 unspecified atom stereocenters. The standard InChI is InChI=1S/C5H7N3O3S/c1-4(9)5-3-8(7-6-5)12(2,10)11/h3H,1-2H3. The molecule has 6 nitrogen and oxygen atoms in total. The zero-order valence-corrected chi connectivity index (χ0v) is 7.37. The lowest BCUT2D eigenvalue weighted by molar-refractivity contribution is 0.101. The molecule has 1 aromatic heterocycles. The third-order valence-corrected chi connectivity index (χ3v) is 2.03. The fourth-order valence-electron chi connectivity index (χ4n) is 0.572. The second-order valence-corrected chi connectivity index (χ2v) is 4.14. The first-order valence-corrected chi connectivity index (χ1v) is 4.90. The molecular weight excluding hydrogens is 182 g/mol. The van der Waals surface area contributed by atoms with E-state index in [4.69, 9.17) is 0 Å². The highest BCUT2D eigenvalue weighted by Gasteiger charge is 2.10. The van der Waals surface area contributed by atoms with Crippen molar-refractivity contribution in [2.45, 2.75) is 6.92 Å². The summed E-state index contributed by atoms with van der Waals surface area (Å²) in [7, 11) is -3.42. The van der Waals surface area contributed by atoms with Gasteiger partial charge in [-0.05, 0) is 0 Å². The molecule has 0 radical (unpaired) electrons. The Kier molecular flexibility index (Phi) is 1.97. The van der Waals surface area contributed by atoms with Gasteiger partial charge in [0, 0.05) is 6.92 Å². The Hall–Kier alpha value is -1.24. The summed E-state index contributed by atoms with van der Waals surface area (Å²) in [6, 6.07) is 0. The van der Waals surface area contributed by atoms with Gasteiger partial charge in [-0.2, -0.15) is 0 Å². The van der Waals surface area contributed by atoms with Gasteiger partial charge < -0.3 is 0 Å². The van der Waals surface area contributed by atoms with Crippen LogP contribution in [0.2, 0.25) is 0 Å². The number of rotatable bonds is 2. The summed E-state index contributed by atoms with van der Waals surface area (Å²) in [4.78, 5) is 10.7. The van der Waals surface area contributed by atoms with Crippen LogP contribution in [0.15, 0.2) is 6.20 Å². The van der Waals surface area contributed by atoms with Gasteiger partial charge in [-0.1, -0.05) is 5.21 Å². The van der Waals surface area contributed by atoms with Crippen molar-refractivity contribution in [2.24, 2.45) is 0 Å². The molecule has 1 rings (SSSR count). The average molecular weight is 189 g/mol. The molecular formula is C5H7N3O3S. The number of Topliss-reactive ketones (excluding diaryl/α,β-unsaturated/α-hetero) is 1. The largest absolute Gasteiger partial charge is 0.293 e. The molecule has 0 aliphatic carbocycles. The van der Waals surface area contributed by atoms with Crippen molar-refractivity contribution in [3.63, 3.8) is 0 Å². The van der Waals surface area contributed by atoms with Crippen molar-refractivity contribution in [3.05, 3.63) is 11.9 Å². The van der Waals surface area contributed by atoms with E-state index in [1.54, 1.807) is 0 Å². The minimum absolute atomic E-state index is 0.0421. The van der Waals surface area contributed by atoms with Crippen LogP contribution in [0.4, 0.5) is 0 Å². The fourth-order valence-corrected chi connectivity index (χ4v) is 1.03. The van der Waals surface area contributed by atoms with E-state index >= 15 is 0 Å².